The average Bonchev–Trinajstić information content (AvgIpc) is 2.20. The molecule has 0 saturated heterocycles. The molecule has 0 spiro atoms. The Labute approximate surface area is 194 Å². The van der Waals surface area contributed by atoms with Gasteiger partial charge in [-0.1, -0.05) is 0 Å². The molecule has 0 fully saturated rings. The van der Waals surface area contributed by atoms with E-state index in [1.165, 1.54) is 0 Å². The fourth-order valence-corrected chi connectivity index (χ4v) is 0. The van der Waals surface area contributed by atoms with Crippen LogP contribution in [0, 0.1) is 0 Å². The molecule has 0 bridgehead atoms. The predicted octanol–water partition coefficient (Wildman–Crippen LogP) is -16.0. The fourth-order valence-electron chi connectivity index (χ4n) is 0. The SMILES string of the molecule is OB(O)O.OB(O)O.OB(O)O.OB(O)O.OB(O)O.OB(O)O.[Ca+2].[O-]B([O-])O. The third-order valence-electron chi connectivity index (χ3n) is 0. The van der Waals surface area contributed by atoms with Crippen LogP contribution in [0.15, 0.2) is 0 Å². The summed E-state index contributed by atoms with van der Waals surface area (Å²) in [7, 11) is -15.7. The van der Waals surface area contributed by atoms with E-state index in [9.17, 15) is 0 Å². The largest absolute Gasteiger partial charge is 2.00 e. The maximum absolute atomic E-state index is 8.53. The van der Waals surface area contributed by atoms with E-state index in [4.69, 9.17) is 106 Å². The molecule has 0 heterocycles. The summed E-state index contributed by atoms with van der Waals surface area (Å²) in [6, 6.07) is 0. The molecule has 0 unspecified atom stereocenters. The molecular weight excluding hydrogens is 452 g/mol. The summed E-state index contributed by atoms with van der Waals surface area (Å²) in [4.78, 5) is 0. The second-order valence-corrected chi connectivity index (χ2v) is 2.39. The Morgan fingerprint density at radius 1 is 0.276 bits per heavy atom. The van der Waals surface area contributed by atoms with Gasteiger partial charge in [0.25, 0.3) is 0 Å². The third kappa shape index (κ3) is 27300. The molecule has 21 nitrogen and oxygen atoms in total. The zero-order chi connectivity index (χ0) is 25.0. The molecule has 0 atom stereocenters. The van der Waals surface area contributed by atoms with Crippen LogP contribution in [-0.2, 0) is 0 Å². The van der Waals surface area contributed by atoms with E-state index in [0.29, 0.717) is 0 Å². The summed E-state index contributed by atoms with van der Waals surface area (Å²) >= 11 is 0. The Balaban J connectivity index is -0.0000000294. The van der Waals surface area contributed by atoms with E-state index in [0.717, 1.165) is 0 Å². The molecule has 0 radical (unpaired) electrons. The Morgan fingerprint density at radius 2 is 0.276 bits per heavy atom. The van der Waals surface area contributed by atoms with Crippen LogP contribution in [0.1, 0.15) is 0 Å². The zero-order valence-electron chi connectivity index (χ0n) is 14.1. The van der Waals surface area contributed by atoms with Crippen molar-refractivity contribution in [3.05, 3.63) is 0 Å². The van der Waals surface area contributed by atoms with Crippen molar-refractivity contribution in [1.82, 2.24) is 0 Å². The molecule has 19 N–H and O–H groups in total. The number of hydrogen-bond donors (Lipinski definition) is 19. The number of rotatable bonds is 0. The third-order valence-corrected chi connectivity index (χ3v) is 0. The quantitative estimate of drug-likeness (QED) is 0.146. The minimum Gasteiger partial charge on any atom is -0.871 e. The van der Waals surface area contributed by atoms with Gasteiger partial charge in [-0.3, -0.25) is 0 Å². The van der Waals surface area contributed by atoms with Gasteiger partial charge in [0.2, 0.25) is 0 Å². The summed E-state index contributed by atoms with van der Waals surface area (Å²) in [6.07, 6.45) is 0. The van der Waals surface area contributed by atoms with Gasteiger partial charge in [-0.15, -0.1) is 0 Å². The summed E-state index contributed by atoms with van der Waals surface area (Å²) in [6.45, 7) is 0. The van der Waals surface area contributed by atoms with Crippen molar-refractivity contribution in [2.45, 2.75) is 0 Å². The number of hydrogen-bond acceptors (Lipinski definition) is 21. The van der Waals surface area contributed by atoms with Gasteiger partial charge in [0, 0.05) is 0 Å². The van der Waals surface area contributed by atoms with Crippen LogP contribution in [0.25, 0.3) is 0 Å². The molecule has 0 aliphatic heterocycles. The van der Waals surface area contributed by atoms with Crippen LogP contribution in [-0.4, -0.2) is 184 Å². The van der Waals surface area contributed by atoms with Crippen LogP contribution in [0.2, 0.25) is 0 Å². The maximum Gasteiger partial charge on any atom is 2.00 e. The summed E-state index contributed by atoms with van der Waals surface area (Å²) < 4.78 is 0. The monoisotopic (exact) mass is 472 g/mol. The molecule has 0 aromatic heterocycles. The maximum atomic E-state index is 8.53. The Kier molecular flexibility index (Phi) is 84.2. The second-order valence-electron chi connectivity index (χ2n) is 2.39. The van der Waals surface area contributed by atoms with Crippen molar-refractivity contribution >= 4 is 89.0 Å². The van der Waals surface area contributed by atoms with E-state index in [1.807, 2.05) is 0 Å². The Morgan fingerprint density at radius 3 is 0.276 bits per heavy atom. The van der Waals surface area contributed by atoms with Crippen LogP contribution in [0.4, 0.5) is 0 Å². The molecule has 0 rings (SSSR count). The van der Waals surface area contributed by atoms with E-state index in [1.54, 1.807) is 0 Å². The first kappa shape index (κ1) is 52.1. The molecule has 0 saturated carbocycles. The molecular formula is H19B7CaO21. The van der Waals surface area contributed by atoms with Crippen molar-refractivity contribution in [3.8, 4) is 0 Å². The summed E-state index contributed by atoms with van der Waals surface area (Å²) in [5, 5.41) is 153. The van der Waals surface area contributed by atoms with Gasteiger partial charge in [-0.05, 0) is 0 Å². The van der Waals surface area contributed by atoms with Crippen LogP contribution >= 0.6 is 0 Å². The van der Waals surface area contributed by atoms with Gasteiger partial charge in [0.1, 0.15) is 0 Å². The van der Waals surface area contributed by atoms with Crippen molar-refractivity contribution < 1.29 is 106 Å². The van der Waals surface area contributed by atoms with E-state index in [2.05, 4.69) is 0 Å². The van der Waals surface area contributed by atoms with Gasteiger partial charge >= 0.3 is 81.7 Å². The van der Waals surface area contributed by atoms with E-state index >= 15 is 0 Å². The van der Waals surface area contributed by atoms with Crippen molar-refractivity contribution in [2.75, 3.05) is 0 Å². The zero-order valence-corrected chi connectivity index (χ0v) is 16.3. The minimum atomic E-state index is -2.67. The summed E-state index contributed by atoms with van der Waals surface area (Å²) in [5.74, 6) is 0. The molecule has 0 aliphatic carbocycles. The van der Waals surface area contributed by atoms with Crippen molar-refractivity contribution in [3.63, 3.8) is 0 Å². The Bertz CT molecular complexity index is 121. The second kappa shape index (κ2) is 46.9. The molecule has 0 aromatic rings. The van der Waals surface area contributed by atoms with Crippen LogP contribution in [0.5, 0.6) is 0 Å². The van der Waals surface area contributed by atoms with Gasteiger partial charge in [-0.25, -0.2) is 0 Å². The van der Waals surface area contributed by atoms with Crippen molar-refractivity contribution in [1.29, 1.82) is 0 Å². The molecule has 0 amide bonds. The van der Waals surface area contributed by atoms with Gasteiger partial charge in [0.05, 0.1) is 7.32 Å². The first-order valence-electron chi connectivity index (χ1n) is 5.38. The molecule has 29 heteroatoms. The van der Waals surface area contributed by atoms with E-state index in [-0.39, 0.29) is 37.7 Å². The molecule has 0 aromatic carbocycles. The fraction of sp³-hybridized carbons (Fsp3) is 0. The standard InChI is InChI=1S/6BH3O3.BHO3.Ca/c7*2-1(3)4;/h6*2-4H;2H;/q;;;;;;-2;+2. The molecule has 29 heavy (non-hydrogen) atoms. The smallest absolute Gasteiger partial charge is 0.871 e. The Hall–Kier alpha value is 0.874. The normalized spacial score (nSPS) is 6.52. The van der Waals surface area contributed by atoms with Gasteiger partial charge < -0.3 is 106 Å². The van der Waals surface area contributed by atoms with Crippen LogP contribution in [0.3, 0.4) is 0 Å². The average molecular weight is 471 g/mol. The summed E-state index contributed by atoms with van der Waals surface area (Å²) in [5.41, 5.74) is 0. The van der Waals surface area contributed by atoms with Gasteiger partial charge in [-0.2, -0.15) is 0 Å². The van der Waals surface area contributed by atoms with Crippen LogP contribution < -0.4 is 10.0 Å². The predicted molar refractivity (Wildman–Crippen MR) is 88.2 cm³/mol. The van der Waals surface area contributed by atoms with E-state index < -0.39 is 51.2 Å². The molecule has 0 aliphatic rings. The molecule has 168 valence electrons. The van der Waals surface area contributed by atoms with Crippen molar-refractivity contribution in [2.24, 2.45) is 0 Å². The first-order chi connectivity index (χ1) is 12.1. The minimum absolute atomic E-state index is 0. The topological polar surface area (TPSA) is 430 Å². The van der Waals surface area contributed by atoms with Gasteiger partial charge in [0.15, 0.2) is 0 Å². The first-order valence-corrected chi connectivity index (χ1v) is 5.38.